The molecule has 1 aromatic carbocycles. The van der Waals surface area contributed by atoms with E-state index < -0.39 is 10.4 Å². The van der Waals surface area contributed by atoms with Crippen molar-refractivity contribution in [2.24, 2.45) is 0 Å². The van der Waals surface area contributed by atoms with E-state index in [4.69, 9.17) is 17.5 Å². The maximum absolute atomic E-state index is 10.8. The number of para-hydroxylation sites is 1. The fraction of sp³-hybridized carbons (Fsp3) is 0.125. The topological polar surface area (TPSA) is 107 Å². The molecule has 16 heavy (non-hydrogen) atoms. The average Bonchev–Trinajstić information content (AvgIpc) is 2.40. The number of nitrogens with one attached hydrogen (secondary N) is 1. The molecule has 0 saturated carbocycles. The molecule has 0 aromatic heterocycles. The van der Waals surface area contributed by atoms with Crippen molar-refractivity contribution in [2.45, 2.75) is 6.42 Å². The monoisotopic (exact) mass is 269 g/mol. The van der Waals surface area contributed by atoms with E-state index in [2.05, 4.69) is 5.32 Å². The molecule has 1 aromatic rings. The number of carbonyl (C=O) groups is 1. The number of hydrogen-bond donors (Lipinski definition) is 2. The van der Waals surface area contributed by atoms with Crippen molar-refractivity contribution in [3.05, 3.63) is 29.8 Å². The molecular formula is C8H8KNO5S. The number of amides is 1. The maximum Gasteiger partial charge on any atom is 1.00 e. The standard InChI is InChI=1S/C8H7NO.K.H2O4S/c10-8-5-6-3-1-2-4-7(6)9-8;;1-5(2,3)4/h1-4H,5H2,(H,9,10);;(H2,1,2,3,4)/q;+1;/p-1. The Balaban J connectivity index is 0.000000330. The third-order valence-electron chi connectivity index (χ3n) is 1.64. The molecule has 0 spiro atoms. The number of anilines is 1. The Kier molecular flexibility index (Phi) is 6.90. The Morgan fingerprint density at radius 1 is 1.31 bits per heavy atom. The molecule has 0 atom stereocenters. The van der Waals surface area contributed by atoms with Gasteiger partial charge in [-0.3, -0.25) is 9.35 Å². The van der Waals surface area contributed by atoms with Crippen molar-refractivity contribution in [2.75, 3.05) is 5.32 Å². The van der Waals surface area contributed by atoms with Gasteiger partial charge in [0.15, 0.2) is 0 Å². The van der Waals surface area contributed by atoms with Gasteiger partial charge in [0.25, 0.3) is 0 Å². The van der Waals surface area contributed by atoms with Crippen LogP contribution in [0.25, 0.3) is 0 Å². The normalized spacial score (nSPS) is 12.8. The summed E-state index contributed by atoms with van der Waals surface area (Å²) in [6.45, 7) is 0. The largest absolute Gasteiger partial charge is 1.00 e. The quantitative estimate of drug-likeness (QED) is 0.300. The van der Waals surface area contributed by atoms with Crippen LogP contribution in [0, 0.1) is 0 Å². The molecule has 1 aliphatic heterocycles. The summed E-state index contributed by atoms with van der Waals surface area (Å²) in [7, 11) is -4.92. The third-order valence-corrected chi connectivity index (χ3v) is 1.64. The van der Waals surface area contributed by atoms with Crippen LogP contribution in [-0.4, -0.2) is 23.4 Å². The Morgan fingerprint density at radius 2 is 1.81 bits per heavy atom. The van der Waals surface area contributed by atoms with Gasteiger partial charge >= 0.3 is 51.4 Å². The molecule has 6 nitrogen and oxygen atoms in total. The smallest absolute Gasteiger partial charge is 0.726 e. The molecule has 1 aliphatic rings. The summed E-state index contributed by atoms with van der Waals surface area (Å²) in [6.07, 6.45) is 0.538. The Morgan fingerprint density at radius 3 is 2.31 bits per heavy atom. The number of rotatable bonds is 0. The molecule has 0 radical (unpaired) electrons. The van der Waals surface area contributed by atoms with Crippen LogP contribution >= 0.6 is 0 Å². The van der Waals surface area contributed by atoms with Crippen molar-refractivity contribution in [3.8, 4) is 0 Å². The molecule has 8 heteroatoms. The number of hydrogen-bond acceptors (Lipinski definition) is 4. The first kappa shape index (κ1) is 16.2. The second kappa shape index (κ2) is 6.82. The van der Waals surface area contributed by atoms with Crippen LogP contribution in [0.15, 0.2) is 24.3 Å². The molecule has 0 aliphatic carbocycles. The molecule has 1 heterocycles. The van der Waals surface area contributed by atoms with E-state index in [1.807, 2.05) is 24.3 Å². The number of fused-ring (bicyclic) bond motifs is 1. The minimum absolute atomic E-state index is 0. The summed E-state index contributed by atoms with van der Waals surface area (Å²) >= 11 is 0. The Hall–Kier alpha value is 0.196. The second-order valence-electron chi connectivity index (χ2n) is 2.81. The van der Waals surface area contributed by atoms with Crippen LogP contribution in [-0.2, 0) is 21.6 Å². The van der Waals surface area contributed by atoms with Crippen molar-refractivity contribution in [3.63, 3.8) is 0 Å². The maximum atomic E-state index is 10.8. The number of benzene rings is 1. The van der Waals surface area contributed by atoms with Gasteiger partial charge in [0.2, 0.25) is 16.3 Å². The van der Waals surface area contributed by atoms with Gasteiger partial charge in [-0.25, -0.2) is 8.42 Å². The van der Waals surface area contributed by atoms with E-state index in [9.17, 15) is 4.79 Å². The van der Waals surface area contributed by atoms with Crippen LogP contribution in [0.5, 0.6) is 0 Å². The Labute approximate surface area is 135 Å². The first-order chi connectivity index (χ1) is 6.86. The van der Waals surface area contributed by atoms with Gasteiger partial charge in [0, 0.05) is 5.69 Å². The van der Waals surface area contributed by atoms with Gasteiger partial charge in [0.05, 0.1) is 6.42 Å². The zero-order valence-electron chi connectivity index (χ0n) is 8.50. The average molecular weight is 269 g/mol. The molecule has 1 amide bonds. The van der Waals surface area contributed by atoms with Crippen LogP contribution < -0.4 is 56.7 Å². The summed E-state index contributed by atoms with van der Waals surface area (Å²) in [6, 6.07) is 7.75. The van der Waals surface area contributed by atoms with E-state index in [-0.39, 0.29) is 57.3 Å². The first-order valence-electron chi connectivity index (χ1n) is 3.92. The minimum Gasteiger partial charge on any atom is -0.726 e. The van der Waals surface area contributed by atoms with E-state index in [0.29, 0.717) is 6.42 Å². The molecule has 0 unspecified atom stereocenters. The molecule has 0 bridgehead atoms. The van der Waals surface area contributed by atoms with Crippen LogP contribution in [0.3, 0.4) is 0 Å². The first-order valence-corrected chi connectivity index (χ1v) is 5.29. The molecule has 2 N–H and O–H groups in total. The van der Waals surface area contributed by atoms with Crippen molar-refractivity contribution < 1.29 is 73.7 Å². The fourth-order valence-corrected chi connectivity index (χ4v) is 1.16. The van der Waals surface area contributed by atoms with Crippen LogP contribution in [0.2, 0.25) is 0 Å². The van der Waals surface area contributed by atoms with E-state index in [1.54, 1.807) is 0 Å². The van der Waals surface area contributed by atoms with E-state index >= 15 is 0 Å². The molecule has 2 rings (SSSR count). The fourth-order valence-electron chi connectivity index (χ4n) is 1.16. The summed E-state index contributed by atoms with van der Waals surface area (Å²) in [5.41, 5.74) is 2.07. The number of carbonyl (C=O) groups excluding carboxylic acids is 1. The molecule has 0 fully saturated rings. The van der Waals surface area contributed by atoms with E-state index in [0.717, 1.165) is 11.3 Å². The van der Waals surface area contributed by atoms with Crippen molar-refractivity contribution in [1.82, 2.24) is 0 Å². The SMILES string of the molecule is O=C1Cc2ccccc2N1.O=S(=O)([O-])O.[K+]. The summed E-state index contributed by atoms with van der Waals surface area (Å²) in [4.78, 5) is 10.8. The van der Waals surface area contributed by atoms with E-state index in [1.165, 1.54) is 0 Å². The predicted octanol–water partition coefficient (Wildman–Crippen LogP) is -2.81. The van der Waals surface area contributed by atoms with Crippen LogP contribution in [0.4, 0.5) is 5.69 Å². The Bertz CT molecular complexity index is 438. The molecular weight excluding hydrogens is 261 g/mol. The third kappa shape index (κ3) is 6.71. The van der Waals surface area contributed by atoms with Gasteiger partial charge in [-0.05, 0) is 11.6 Å². The zero-order chi connectivity index (χ0) is 11.5. The molecule has 0 saturated heterocycles. The zero-order valence-corrected chi connectivity index (χ0v) is 12.4. The van der Waals surface area contributed by atoms with Gasteiger partial charge in [-0.1, -0.05) is 18.2 Å². The van der Waals surface area contributed by atoms with Crippen molar-refractivity contribution in [1.29, 1.82) is 0 Å². The van der Waals surface area contributed by atoms with Gasteiger partial charge in [0.1, 0.15) is 0 Å². The second-order valence-corrected chi connectivity index (χ2v) is 3.67. The molecule has 82 valence electrons. The van der Waals surface area contributed by atoms with Gasteiger partial charge < -0.3 is 9.87 Å². The van der Waals surface area contributed by atoms with Gasteiger partial charge in [-0.2, -0.15) is 0 Å². The predicted molar refractivity (Wildman–Crippen MR) is 51.1 cm³/mol. The van der Waals surface area contributed by atoms with Crippen molar-refractivity contribution >= 4 is 22.0 Å². The van der Waals surface area contributed by atoms with Gasteiger partial charge in [-0.15, -0.1) is 0 Å². The summed E-state index contributed by atoms with van der Waals surface area (Å²) in [5, 5.41) is 2.76. The minimum atomic E-state index is -4.92. The van der Waals surface area contributed by atoms with Crippen LogP contribution in [0.1, 0.15) is 5.56 Å². The summed E-state index contributed by atoms with van der Waals surface area (Å²) < 4.78 is 32.8. The summed E-state index contributed by atoms with van der Waals surface area (Å²) in [5.74, 6) is 0.0983.